The third-order valence-electron chi connectivity index (χ3n) is 6.49. The van der Waals surface area contributed by atoms with Gasteiger partial charge in [-0.1, -0.05) is 23.2 Å². The summed E-state index contributed by atoms with van der Waals surface area (Å²) in [6.07, 6.45) is -3.24. The topological polar surface area (TPSA) is 105 Å². The second-order valence-electron chi connectivity index (χ2n) is 8.89. The second kappa shape index (κ2) is 10.7. The molecule has 41 heavy (non-hydrogen) atoms. The van der Waals surface area contributed by atoms with Gasteiger partial charge >= 0.3 is 12.1 Å². The maximum atomic E-state index is 13.4. The summed E-state index contributed by atoms with van der Waals surface area (Å²) in [6, 6.07) is 9.68. The van der Waals surface area contributed by atoms with Gasteiger partial charge in [0, 0.05) is 38.8 Å². The van der Waals surface area contributed by atoms with Gasteiger partial charge in [-0.25, -0.2) is 4.79 Å². The van der Waals surface area contributed by atoms with Crippen LogP contribution in [0.3, 0.4) is 0 Å². The van der Waals surface area contributed by atoms with Gasteiger partial charge in [-0.05, 0) is 43.3 Å². The van der Waals surface area contributed by atoms with E-state index >= 15 is 0 Å². The number of carboxylic acids is 1. The lowest BCUT2D eigenvalue weighted by atomic mass is 10.0. The number of nitriles is 1. The van der Waals surface area contributed by atoms with E-state index in [1.54, 1.807) is 30.3 Å². The molecule has 0 unspecified atom stereocenters. The predicted molar refractivity (Wildman–Crippen MR) is 150 cm³/mol. The highest BCUT2D eigenvalue weighted by Gasteiger charge is 2.32. The molecule has 0 aliphatic heterocycles. The number of fused-ring (bicyclic) bond motifs is 2. The van der Waals surface area contributed by atoms with Crippen LogP contribution in [0.4, 0.5) is 13.2 Å². The van der Waals surface area contributed by atoms with Crippen molar-refractivity contribution in [1.82, 2.24) is 9.55 Å². The van der Waals surface area contributed by atoms with Crippen molar-refractivity contribution in [2.24, 2.45) is 0 Å². The summed E-state index contributed by atoms with van der Waals surface area (Å²) in [5.41, 5.74) is -0.383. The molecule has 0 spiro atoms. The summed E-state index contributed by atoms with van der Waals surface area (Å²) in [6.45, 7) is 1.40. The van der Waals surface area contributed by atoms with Crippen molar-refractivity contribution in [3.63, 3.8) is 0 Å². The Balaban J connectivity index is 1.52. The Morgan fingerprint density at radius 1 is 1.20 bits per heavy atom. The van der Waals surface area contributed by atoms with Crippen LogP contribution >= 0.6 is 34.5 Å². The summed E-state index contributed by atoms with van der Waals surface area (Å²) in [4.78, 5) is 29.2. The van der Waals surface area contributed by atoms with Crippen LogP contribution in [0.2, 0.25) is 10.0 Å². The number of aromatic carboxylic acids is 1. The molecule has 13 heteroatoms. The number of rotatable bonds is 6. The Morgan fingerprint density at radius 3 is 2.63 bits per heavy atom. The highest BCUT2D eigenvalue weighted by Crippen LogP contribution is 2.40. The SMILES string of the molecule is Cc1c(Cl)c2cc(C(F)(F)F)cc(C#N)c2c(=O)n1CCOc1ccc(Cl)cc1-c1ccnc2c(C(=O)O)csc12. The first kappa shape index (κ1) is 28.4. The van der Waals surface area contributed by atoms with Gasteiger partial charge in [-0.2, -0.15) is 18.4 Å². The fourth-order valence-corrected chi connectivity index (χ4v) is 6.00. The van der Waals surface area contributed by atoms with E-state index in [0.29, 0.717) is 38.2 Å². The Bertz CT molecular complexity index is 1980. The highest BCUT2D eigenvalue weighted by molar-refractivity contribution is 7.18. The molecule has 5 rings (SSSR count). The molecule has 0 radical (unpaired) electrons. The zero-order valence-electron chi connectivity index (χ0n) is 20.8. The minimum absolute atomic E-state index is 0.0395. The van der Waals surface area contributed by atoms with E-state index in [2.05, 4.69) is 4.98 Å². The molecule has 3 aromatic heterocycles. The fourth-order valence-electron chi connectivity index (χ4n) is 4.55. The molecule has 0 atom stereocenters. The molecule has 0 amide bonds. The number of pyridine rings is 2. The number of halogens is 5. The first-order valence-corrected chi connectivity index (χ1v) is 13.4. The van der Waals surface area contributed by atoms with E-state index in [-0.39, 0.29) is 40.2 Å². The van der Waals surface area contributed by atoms with Crippen LogP contribution in [0, 0.1) is 18.3 Å². The predicted octanol–water partition coefficient (Wildman–Crippen LogP) is 7.56. The number of alkyl halides is 3. The summed E-state index contributed by atoms with van der Waals surface area (Å²) >= 11 is 13.9. The average Bonchev–Trinajstić information content (AvgIpc) is 3.38. The molecular weight excluding hydrogens is 602 g/mol. The first-order chi connectivity index (χ1) is 19.4. The van der Waals surface area contributed by atoms with Crippen molar-refractivity contribution < 1.29 is 27.8 Å². The number of carbonyl (C=O) groups is 1. The normalized spacial score (nSPS) is 11.6. The van der Waals surface area contributed by atoms with Crippen molar-refractivity contribution in [2.75, 3.05) is 6.61 Å². The maximum Gasteiger partial charge on any atom is 0.416 e. The molecular formula is C28H16Cl2F3N3O4S. The van der Waals surface area contributed by atoms with Crippen LogP contribution in [-0.2, 0) is 12.7 Å². The van der Waals surface area contributed by atoms with Gasteiger partial charge < -0.3 is 14.4 Å². The van der Waals surface area contributed by atoms with Crippen molar-refractivity contribution in [2.45, 2.75) is 19.6 Å². The van der Waals surface area contributed by atoms with Gasteiger partial charge in [0.2, 0.25) is 0 Å². The van der Waals surface area contributed by atoms with Gasteiger partial charge in [0.15, 0.2) is 0 Å². The number of hydrogen-bond acceptors (Lipinski definition) is 6. The number of aromatic nitrogens is 2. The molecule has 0 fully saturated rings. The van der Waals surface area contributed by atoms with Crippen molar-refractivity contribution in [1.29, 1.82) is 5.26 Å². The summed E-state index contributed by atoms with van der Waals surface area (Å²) in [5.74, 6) is -0.718. The van der Waals surface area contributed by atoms with Gasteiger partial charge in [-0.3, -0.25) is 9.78 Å². The van der Waals surface area contributed by atoms with Crippen LogP contribution < -0.4 is 10.3 Å². The standard InChI is InChI=1S/C28H16Cl2F3N3O4S/c1-13-23(30)19-9-15(28(31,32)33)8-14(11-34)22(19)26(37)36(13)6-7-40-21-3-2-16(29)10-18(21)17-4-5-35-24-20(27(38)39)12-41-25(17)24/h2-5,8-10,12H,6-7H2,1H3,(H,38,39). The molecule has 5 aromatic rings. The minimum Gasteiger partial charge on any atom is -0.491 e. The Morgan fingerprint density at radius 2 is 1.95 bits per heavy atom. The summed E-state index contributed by atoms with van der Waals surface area (Å²) in [5, 5.41) is 20.5. The lowest BCUT2D eigenvalue weighted by molar-refractivity contribution is -0.137. The first-order valence-electron chi connectivity index (χ1n) is 11.8. The van der Waals surface area contributed by atoms with Crippen LogP contribution in [0.1, 0.15) is 27.2 Å². The Hall–Kier alpha value is -4.11. The van der Waals surface area contributed by atoms with Gasteiger partial charge in [0.25, 0.3) is 5.56 Å². The molecule has 0 aliphatic carbocycles. The third-order valence-corrected chi connectivity index (χ3v) is 8.21. The second-order valence-corrected chi connectivity index (χ2v) is 10.6. The van der Waals surface area contributed by atoms with Crippen LogP contribution in [-0.4, -0.2) is 27.2 Å². The average molecular weight is 618 g/mol. The quantitative estimate of drug-likeness (QED) is 0.211. The molecule has 0 saturated heterocycles. The van der Waals surface area contributed by atoms with E-state index in [9.17, 15) is 33.1 Å². The number of nitrogens with zero attached hydrogens (tertiary/aromatic N) is 3. The molecule has 2 aromatic carbocycles. The molecule has 0 aliphatic rings. The molecule has 3 heterocycles. The van der Waals surface area contributed by atoms with Crippen molar-refractivity contribution in [3.8, 4) is 22.9 Å². The largest absolute Gasteiger partial charge is 0.491 e. The summed E-state index contributed by atoms with van der Waals surface area (Å²) in [7, 11) is 0. The maximum absolute atomic E-state index is 13.4. The number of benzene rings is 2. The van der Waals surface area contributed by atoms with E-state index in [1.165, 1.54) is 34.4 Å². The summed E-state index contributed by atoms with van der Waals surface area (Å²) < 4.78 is 48.1. The third kappa shape index (κ3) is 5.10. The van der Waals surface area contributed by atoms with Crippen LogP contribution in [0.5, 0.6) is 5.75 Å². The number of hydrogen-bond donors (Lipinski definition) is 1. The molecule has 1 N–H and O–H groups in total. The van der Waals surface area contributed by atoms with Crippen molar-refractivity contribution >= 4 is 61.5 Å². The lowest BCUT2D eigenvalue weighted by Crippen LogP contribution is -2.26. The monoisotopic (exact) mass is 617 g/mol. The molecule has 0 saturated carbocycles. The van der Waals surface area contributed by atoms with E-state index in [4.69, 9.17) is 27.9 Å². The number of thiophene rings is 1. The Labute approximate surface area is 243 Å². The fraction of sp³-hybridized carbons (Fsp3) is 0.143. The number of carboxylic acid groups (broad SMARTS) is 1. The van der Waals surface area contributed by atoms with E-state index in [1.807, 2.05) is 0 Å². The van der Waals surface area contributed by atoms with Crippen LogP contribution in [0.25, 0.3) is 32.1 Å². The highest BCUT2D eigenvalue weighted by atomic mass is 35.5. The van der Waals surface area contributed by atoms with Gasteiger partial charge in [0.05, 0.1) is 49.9 Å². The van der Waals surface area contributed by atoms with Gasteiger partial charge in [0.1, 0.15) is 12.4 Å². The molecule has 0 bridgehead atoms. The van der Waals surface area contributed by atoms with Gasteiger partial charge in [-0.15, -0.1) is 11.3 Å². The Kier molecular flexibility index (Phi) is 7.42. The number of ether oxygens (including phenoxy) is 1. The molecule has 7 nitrogen and oxygen atoms in total. The minimum atomic E-state index is -4.73. The zero-order valence-corrected chi connectivity index (χ0v) is 23.2. The zero-order chi connectivity index (χ0) is 29.6. The lowest BCUT2D eigenvalue weighted by Gasteiger charge is -2.17. The molecule has 208 valence electrons. The smallest absolute Gasteiger partial charge is 0.416 e. The van der Waals surface area contributed by atoms with Crippen molar-refractivity contribution in [3.05, 3.63) is 90.8 Å². The van der Waals surface area contributed by atoms with E-state index < -0.39 is 28.8 Å². The van der Waals surface area contributed by atoms with Crippen LogP contribution in [0.15, 0.2) is 52.8 Å². The van der Waals surface area contributed by atoms with E-state index in [0.717, 1.165) is 6.07 Å².